The average molecular weight is 376 g/mol. The molecule has 0 aliphatic heterocycles. The zero-order valence-electron chi connectivity index (χ0n) is 15.3. The fourth-order valence-electron chi connectivity index (χ4n) is 2.63. The number of fused-ring (bicyclic) bond motifs is 2. The van der Waals surface area contributed by atoms with E-state index in [-0.39, 0.29) is 48.4 Å². The predicted octanol–water partition coefficient (Wildman–Crippen LogP) is 2.89. The number of ether oxygens (including phenoxy) is 6. The molecule has 0 aliphatic rings. The lowest BCUT2D eigenvalue weighted by atomic mass is 10.1. The van der Waals surface area contributed by atoms with E-state index in [1.165, 1.54) is 21.3 Å². The van der Waals surface area contributed by atoms with E-state index in [2.05, 4.69) is 0 Å². The van der Waals surface area contributed by atoms with Crippen molar-refractivity contribution >= 4 is 21.9 Å². The summed E-state index contributed by atoms with van der Waals surface area (Å²) in [7, 11) is 4.45. The maximum absolute atomic E-state index is 13.1. The van der Waals surface area contributed by atoms with Gasteiger partial charge in [0, 0.05) is 27.4 Å². The highest BCUT2D eigenvalue weighted by atomic mass is 16.7. The van der Waals surface area contributed by atoms with Crippen LogP contribution in [0.2, 0.25) is 0 Å². The van der Waals surface area contributed by atoms with Gasteiger partial charge in [-0.25, -0.2) is 0 Å². The van der Waals surface area contributed by atoms with E-state index in [0.717, 1.165) is 0 Å². The van der Waals surface area contributed by atoms with Crippen LogP contribution in [0.25, 0.3) is 21.9 Å². The van der Waals surface area contributed by atoms with E-state index in [1.807, 2.05) is 0 Å². The molecular weight excluding hydrogens is 356 g/mol. The summed E-state index contributed by atoms with van der Waals surface area (Å²) in [4.78, 5) is 13.1. The molecule has 2 aromatic carbocycles. The van der Waals surface area contributed by atoms with Crippen LogP contribution in [-0.4, -0.2) is 41.7 Å². The molecule has 0 bridgehead atoms. The Morgan fingerprint density at radius 3 is 2.15 bits per heavy atom. The second kappa shape index (κ2) is 8.72. The van der Waals surface area contributed by atoms with Crippen molar-refractivity contribution in [2.45, 2.75) is 0 Å². The second-order valence-corrected chi connectivity index (χ2v) is 5.49. The Hall–Kier alpha value is -2.81. The van der Waals surface area contributed by atoms with Gasteiger partial charge in [0.2, 0.25) is 11.2 Å². The summed E-state index contributed by atoms with van der Waals surface area (Å²) in [5, 5.41) is 0.650. The lowest BCUT2D eigenvalue weighted by Crippen LogP contribution is -2.11. The first kappa shape index (κ1) is 19.0. The number of methoxy groups -OCH3 is 3. The largest absolute Gasteiger partial charge is 0.463 e. The molecule has 27 heavy (non-hydrogen) atoms. The van der Waals surface area contributed by atoms with Crippen molar-refractivity contribution in [3.05, 3.63) is 40.6 Å². The Morgan fingerprint density at radius 2 is 1.44 bits per heavy atom. The van der Waals surface area contributed by atoms with Crippen LogP contribution in [0, 0.1) is 0 Å². The first-order chi connectivity index (χ1) is 13.2. The van der Waals surface area contributed by atoms with E-state index in [0.29, 0.717) is 16.6 Å². The molecule has 8 heteroatoms. The van der Waals surface area contributed by atoms with E-state index < -0.39 is 0 Å². The van der Waals surface area contributed by atoms with Crippen LogP contribution in [-0.2, 0) is 14.2 Å². The lowest BCUT2D eigenvalue weighted by molar-refractivity contribution is 0.0225. The third kappa shape index (κ3) is 3.82. The maximum Gasteiger partial charge on any atom is 0.207 e. The van der Waals surface area contributed by atoms with E-state index in [4.69, 9.17) is 32.8 Å². The van der Waals surface area contributed by atoms with Crippen molar-refractivity contribution in [1.82, 2.24) is 0 Å². The molecule has 0 amide bonds. The molecule has 0 N–H and O–H groups in total. The third-order valence-electron chi connectivity index (χ3n) is 3.72. The number of para-hydroxylation sites is 1. The minimum absolute atomic E-state index is 0.0314. The maximum atomic E-state index is 13.1. The van der Waals surface area contributed by atoms with Gasteiger partial charge in [0.1, 0.15) is 16.6 Å². The predicted molar refractivity (Wildman–Crippen MR) is 97.5 cm³/mol. The molecule has 1 aromatic heterocycles. The number of rotatable bonds is 9. The summed E-state index contributed by atoms with van der Waals surface area (Å²) in [6.45, 7) is -0.202. The molecule has 0 radical (unpaired) electrons. The fraction of sp³-hybridized carbons (Fsp3) is 0.316. The number of hydrogen-bond acceptors (Lipinski definition) is 8. The van der Waals surface area contributed by atoms with Gasteiger partial charge in [0.25, 0.3) is 0 Å². The van der Waals surface area contributed by atoms with Crippen LogP contribution in [0.3, 0.4) is 0 Å². The van der Waals surface area contributed by atoms with Crippen molar-refractivity contribution in [2.24, 2.45) is 0 Å². The average Bonchev–Trinajstić information content (AvgIpc) is 2.69. The Balaban J connectivity index is 2.32. The molecule has 0 atom stereocenters. The Labute approximate surface area is 155 Å². The highest BCUT2D eigenvalue weighted by molar-refractivity contribution is 5.96. The van der Waals surface area contributed by atoms with E-state index in [9.17, 15) is 4.79 Å². The quantitative estimate of drug-likeness (QED) is 0.416. The van der Waals surface area contributed by atoms with Gasteiger partial charge in [0.15, 0.2) is 31.9 Å². The van der Waals surface area contributed by atoms with Gasteiger partial charge in [-0.3, -0.25) is 4.79 Å². The zero-order valence-corrected chi connectivity index (χ0v) is 15.3. The van der Waals surface area contributed by atoms with Gasteiger partial charge in [-0.15, -0.1) is 0 Å². The minimum atomic E-state index is -0.251. The molecule has 3 rings (SSSR count). The summed E-state index contributed by atoms with van der Waals surface area (Å²) < 4.78 is 37.7. The summed E-state index contributed by atoms with van der Waals surface area (Å²) >= 11 is 0. The molecule has 1 heterocycles. The molecule has 8 nitrogen and oxygen atoms in total. The van der Waals surface area contributed by atoms with Crippen LogP contribution in [0.15, 0.2) is 39.5 Å². The molecule has 0 spiro atoms. The van der Waals surface area contributed by atoms with Gasteiger partial charge in [-0.2, -0.15) is 0 Å². The van der Waals surface area contributed by atoms with Crippen molar-refractivity contribution in [2.75, 3.05) is 41.7 Å². The van der Waals surface area contributed by atoms with Crippen LogP contribution < -0.4 is 19.6 Å². The molecule has 3 aromatic rings. The van der Waals surface area contributed by atoms with Gasteiger partial charge in [-0.1, -0.05) is 12.1 Å². The Morgan fingerprint density at radius 1 is 0.815 bits per heavy atom. The van der Waals surface area contributed by atoms with Crippen molar-refractivity contribution in [1.29, 1.82) is 0 Å². The van der Waals surface area contributed by atoms with Gasteiger partial charge < -0.3 is 32.8 Å². The standard InChI is InChI=1S/C19H20O8/c1-21-9-24-15-8-14-16(17(20)12-6-4-5-7-13(12)27-14)19(26-11-23-3)18(15)25-10-22-2/h4-8H,9-11H2,1-3H3. The molecule has 0 aliphatic carbocycles. The number of hydrogen-bond donors (Lipinski definition) is 0. The lowest BCUT2D eigenvalue weighted by Gasteiger charge is -2.17. The molecule has 0 fully saturated rings. The minimum Gasteiger partial charge on any atom is -0.463 e. The number of benzene rings is 2. The van der Waals surface area contributed by atoms with Crippen LogP contribution in [0.4, 0.5) is 0 Å². The molecule has 0 saturated carbocycles. The molecule has 0 saturated heterocycles. The first-order valence-corrected chi connectivity index (χ1v) is 8.09. The monoisotopic (exact) mass is 376 g/mol. The summed E-state index contributed by atoms with van der Waals surface area (Å²) in [5.74, 6) is 0.629. The first-order valence-electron chi connectivity index (χ1n) is 8.09. The van der Waals surface area contributed by atoms with Crippen LogP contribution in [0.1, 0.15) is 0 Å². The normalized spacial score (nSPS) is 11.1. The van der Waals surface area contributed by atoms with Crippen LogP contribution in [0.5, 0.6) is 17.2 Å². The Bertz CT molecular complexity index is 979. The second-order valence-electron chi connectivity index (χ2n) is 5.49. The Kier molecular flexibility index (Phi) is 6.12. The topological polar surface area (TPSA) is 85.6 Å². The summed E-state index contributed by atoms with van der Waals surface area (Å²) in [5.41, 5.74) is 0.495. The molecule has 144 valence electrons. The molecular formula is C19H20O8. The zero-order chi connectivity index (χ0) is 19.2. The highest BCUT2D eigenvalue weighted by Crippen LogP contribution is 2.43. The molecule has 0 unspecified atom stereocenters. The SMILES string of the molecule is COCOc1cc2oc3ccccc3c(=O)c2c(OCOC)c1OCOC. The van der Waals surface area contributed by atoms with Crippen LogP contribution >= 0.6 is 0 Å². The summed E-state index contributed by atoms with van der Waals surface area (Å²) in [6.07, 6.45) is 0. The van der Waals surface area contributed by atoms with Crippen molar-refractivity contribution in [3.63, 3.8) is 0 Å². The van der Waals surface area contributed by atoms with E-state index >= 15 is 0 Å². The fourth-order valence-corrected chi connectivity index (χ4v) is 2.63. The third-order valence-corrected chi connectivity index (χ3v) is 3.72. The van der Waals surface area contributed by atoms with Gasteiger partial charge >= 0.3 is 0 Å². The smallest absolute Gasteiger partial charge is 0.207 e. The van der Waals surface area contributed by atoms with Gasteiger partial charge in [-0.05, 0) is 12.1 Å². The van der Waals surface area contributed by atoms with E-state index in [1.54, 1.807) is 30.3 Å². The highest BCUT2D eigenvalue weighted by Gasteiger charge is 2.23. The van der Waals surface area contributed by atoms with Crippen molar-refractivity contribution in [3.8, 4) is 17.2 Å². The van der Waals surface area contributed by atoms with Crippen molar-refractivity contribution < 1.29 is 32.8 Å². The summed E-state index contributed by atoms with van der Waals surface area (Å²) in [6, 6.07) is 8.52. The van der Waals surface area contributed by atoms with Gasteiger partial charge in [0.05, 0.1) is 5.39 Å².